The summed E-state index contributed by atoms with van der Waals surface area (Å²) in [6, 6.07) is 6.68. The highest BCUT2D eigenvalue weighted by Gasteiger charge is 2.46. The van der Waals surface area contributed by atoms with Crippen LogP contribution in [0, 0.1) is 5.82 Å². The van der Waals surface area contributed by atoms with Crippen LogP contribution in [0.4, 0.5) is 4.39 Å². The maximum absolute atomic E-state index is 13.0. The summed E-state index contributed by atoms with van der Waals surface area (Å²) in [5.41, 5.74) is 0.881. The summed E-state index contributed by atoms with van der Waals surface area (Å²) < 4.78 is 13.0. The Labute approximate surface area is 106 Å². The van der Waals surface area contributed by atoms with Gasteiger partial charge in [0.2, 0.25) is 5.91 Å². The largest absolute Gasteiger partial charge is 0.349 e. The van der Waals surface area contributed by atoms with Crippen molar-refractivity contribution in [2.75, 3.05) is 6.54 Å². The number of piperidine rings is 1. The van der Waals surface area contributed by atoms with Gasteiger partial charge in [0.05, 0.1) is 11.6 Å². The maximum Gasteiger partial charge on any atom is 0.220 e. The van der Waals surface area contributed by atoms with Crippen LogP contribution in [-0.2, 0) is 4.79 Å². The van der Waals surface area contributed by atoms with E-state index in [1.807, 2.05) is 12.1 Å². The summed E-state index contributed by atoms with van der Waals surface area (Å²) in [7, 11) is 0. The van der Waals surface area contributed by atoms with Gasteiger partial charge < -0.3 is 10.6 Å². The van der Waals surface area contributed by atoms with Crippen molar-refractivity contribution in [3.8, 4) is 0 Å². The average molecular weight is 248 g/mol. The van der Waals surface area contributed by atoms with Gasteiger partial charge in [-0.15, -0.1) is 0 Å². The fraction of sp³-hybridized carbons (Fsp3) is 0.500. The third kappa shape index (κ3) is 1.90. The first-order valence-electron chi connectivity index (χ1n) is 6.49. The fourth-order valence-corrected chi connectivity index (χ4v) is 3.23. The van der Waals surface area contributed by atoms with Crippen LogP contribution in [0.1, 0.15) is 37.3 Å². The van der Waals surface area contributed by atoms with Crippen molar-refractivity contribution < 1.29 is 9.18 Å². The zero-order valence-corrected chi connectivity index (χ0v) is 10.2. The molecule has 4 heteroatoms. The highest BCUT2D eigenvalue weighted by atomic mass is 19.1. The molecule has 2 aliphatic heterocycles. The molecule has 96 valence electrons. The Morgan fingerprint density at radius 1 is 1.22 bits per heavy atom. The lowest BCUT2D eigenvalue weighted by molar-refractivity contribution is -0.120. The molecular formula is C14H17FN2O. The zero-order chi connectivity index (χ0) is 12.6. The van der Waals surface area contributed by atoms with E-state index in [4.69, 9.17) is 0 Å². The second kappa shape index (κ2) is 4.35. The maximum atomic E-state index is 13.0. The van der Waals surface area contributed by atoms with Gasteiger partial charge >= 0.3 is 0 Å². The molecule has 2 N–H and O–H groups in total. The third-order valence-corrected chi connectivity index (χ3v) is 4.09. The molecule has 1 aromatic carbocycles. The molecule has 0 aliphatic carbocycles. The number of nitrogens with one attached hydrogen (secondary N) is 2. The van der Waals surface area contributed by atoms with Crippen molar-refractivity contribution in [1.82, 2.24) is 10.6 Å². The molecule has 1 spiro atoms. The Kier molecular flexibility index (Phi) is 2.82. The fourth-order valence-electron chi connectivity index (χ4n) is 3.23. The average Bonchev–Trinajstić information content (AvgIpc) is 2.73. The van der Waals surface area contributed by atoms with Crippen LogP contribution in [0.15, 0.2) is 24.3 Å². The molecule has 0 unspecified atom stereocenters. The van der Waals surface area contributed by atoms with Crippen molar-refractivity contribution >= 4 is 5.91 Å². The molecule has 2 aliphatic rings. The molecule has 0 aromatic heterocycles. The Morgan fingerprint density at radius 2 is 2.00 bits per heavy atom. The Morgan fingerprint density at radius 3 is 2.67 bits per heavy atom. The van der Waals surface area contributed by atoms with E-state index in [1.54, 1.807) is 0 Å². The van der Waals surface area contributed by atoms with Crippen LogP contribution in [0.5, 0.6) is 0 Å². The molecule has 2 atom stereocenters. The van der Waals surface area contributed by atoms with Crippen molar-refractivity contribution in [2.45, 2.75) is 37.3 Å². The molecule has 1 amide bonds. The Hall–Kier alpha value is -1.42. The van der Waals surface area contributed by atoms with Crippen LogP contribution in [0.3, 0.4) is 0 Å². The van der Waals surface area contributed by atoms with Crippen LogP contribution in [0.2, 0.25) is 0 Å². The number of carbonyl (C=O) groups excluding carboxylic acids is 1. The summed E-state index contributed by atoms with van der Waals surface area (Å²) in [6.07, 6.45) is 3.52. The smallest absolute Gasteiger partial charge is 0.220 e. The van der Waals surface area contributed by atoms with Gasteiger partial charge in [0.25, 0.3) is 0 Å². The molecule has 0 saturated carbocycles. The SMILES string of the molecule is O=C1CC[C@@]2(CCCN[C@H]2c2ccc(F)cc2)N1. The molecular weight excluding hydrogens is 231 g/mol. The van der Waals surface area contributed by atoms with Gasteiger partial charge in [-0.3, -0.25) is 4.79 Å². The summed E-state index contributed by atoms with van der Waals surface area (Å²) in [5.74, 6) is -0.0927. The van der Waals surface area contributed by atoms with E-state index < -0.39 is 0 Å². The summed E-state index contributed by atoms with van der Waals surface area (Å²) in [5, 5.41) is 6.61. The molecule has 3 rings (SSSR count). The summed E-state index contributed by atoms with van der Waals surface area (Å²) >= 11 is 0. The third-order valence-electron chi connectivity index (χ3n) is 4.09. The first kappa shape index (κ1) is 11.7. The Bertz CT molecular complexity index is 459. The number of rotatable bonds is 1. The minimum atomic E-state index is -0.223. The van der Waals surface area contributed by atoms with E-state index in [9.17, 15) is 9.18 Å². The van der Waals surface area contributed by atoms with E-state index in [0.29, 0.717) is 6.42 Å². The lowest BCUT2D eigenvalue weighted by Crippen LogP contribution is -2.55. The number of hydrogen-bond donors (Lipinski definition) is 2. The molecule has 18 heavy (non-hydrogen) atoms. The lowest BCUT2D eigenvalue weighted by atomic mass is 9.78. The van der Waals surface area contributed by atoms with E-state index in [-0.39, 0.29) is 23.3 Å². The summed E-state index contributed by atoms with van der Waals surface area (Å²) in [4.78, 5) is 11.5. The lowest BCUT2D eigenvalue weighted by Gasteiger charge is -2.42. The number of carbonyl (C=O) groups is 1. The highest BCUT2D eigenvalue weighted by Crippen LogP contribution is 2.39. The predicted octanol–water partition coefficient (Wildman–Crippen LogP) is 1.90. The molecule has 0 bridgehead atoms. The number of halogens is 1. The molecule has 3 nitrogen and oxygen atoms in total. The zero-order valence-electron chi connectivity index (χ0n) is 10.2. The molecule has 0 radical (unpaired) electrons. The van der Waals surface area contributed by atoms with Gasteiger partial charge in [-0.1, -0.05) is 12.1 Å². The first-order valence-corrected chi connectivity index (χ1v) is 6.49. The van der Waals surface area contributed by atoms with E-state index >= 15 is 0 Å². The van der Waals surface area contributed by atoms with Gasteiger partial charge in [0, 0.05) is 6.42 Å². The second-order valence-electron chi connectivity index (χ2n) is 5.25. The molecule has 2 saturated heterocycles. The minimum Gasteiger partial charge on any atom is -0.349 e. The van der Waals surface area contributed by atoms with Crippen molar-refractivity contribution in [1.29, 1.82) is 0 Å². The monoisotopic (exact) mass is 248 g/mol. The van der Waals surface area contributed by atoms with Crippen molar-refractivity contribution in [2.24, 2.45) is 0 Å². The van der Waals surface area contributed by atoms with Crippen molar-refractivity contribution in [3.05, 3.63) is 35.6 Å². The minimum absolute atomic E-state index is 0.0956. The first-order chi connectivity index (χ1) is 8.70. The summed E-state index contributed by atoms with van der Waals surface area (Å²) in [6.45, 7) is 0.944. The number of amides is 1. The van der Waals surface area contributed by atoms with E-state index in [0.717, 1.165) is 31.4 Å². The quantitative estimate of drug-likeness (QED) is 0.797. The standard InChI is InChI=1S/C14H17FN2O/c15-11-4-2-10(3-5-11)13-14(7-1-9-16-13)8-6-12(18)17-14/h2-5,13,16H,1,6-9H2,(H,17,18)/t13-,14+/m0/s1. The van der Waals surface area contributed by atoms with Gasteiger partial charge in [0.1, 0.15) is 5.82 Å². The normalized spacial score (nSPS) is 31.6. The van der Waals surface area contributed by atoms with E-state index in [1.165, 1.54) is 12.1 Å². The van der Waals surface area contributed by atoms with Crippen molar-refractivity contribution in [3.63, 3.8) is 0 Å². The molecule has 2 fully saturated rings. The number of benzene rings is 1. The molecule has 1 aromatic rings. The van der Waals surface area contributed by atoms with Gasteiger partial charge in [-0.25, -0.2) is 4.39 Å². The van der Waals surface area contributed by atoms with Gasteiger partial charge in [-0.05, 0) is 43.5 Å². The van der Waals surface area contributed by atoms with Gasteiger partial charge in [0.15, 0.2) is 0 Å². The van der Waals surface area contributed by atoms with Crippen LogP contribution in [-0.4, -0.2) is 18.0 Å². The van der Waals surface area contributed by atoms with Crippen LogP contribution in [0.25, 0.3) is 0 Å². The van der Waals surface area contributed by atoms with Crippen LogP contribution >= 0.6 is 0 Å². The van der Waals surface area contributed by atoms with Gasteiger partial charge in [-0.2, -0.15) is 0 Å². The van der Waals surface area contributed by atoms with Crippen LogP contribution < -0.4 is 10.6 Å². The second-order valence-corrected chi connectivity index (χ2v) is 5.25. The van der Waals surface area contributed by atoms with E-state index in [2.05, 4.69) is 10.6 Å². The highest BCUT2D eigenvalue weighted by molar-refractivity contribution is 5.79. The topological polar surface area (TPSA) is 41.1 Å². The molecule has 2 heterocycles. The Balaban J connectivity index is 1.92. The number of hydrogen-bond acceptors (Lipinski definition) is 2. The predicted molar refractivity (Wildman–Crippen MR) is 66.5 cm³/mol.